The Labute approximate surface area is 182 Å². The second-order valence-electron chi connectivity index (χ2n) is 7.65. The van der Waals surface area contributed by atoms with Crippen molar-refractivity contribution in [2.45, 2.75) is 25.3 Å². The average molecular weight is 411 g/mol. The summed E-state index contributed by atoms with van der Waals surface area (Å²) < 4.78 is 0. The molecule has 2 heterocycles. The Hall–Kier alpha value is -3.57. The molecule has 5 nitrogen and oxygen atoms in total. The molecule has 0 spiro atoms. The predicted molar refractivity (Wildman–Crippen MR) is 123 cm³/mol. The second-order valence-corrected chi connectivity index (χ2v) is 7.65. The lowest BCUT2D eigenvalue weighted by Gasteiger charge is -2.17. The number of nitrogens with zero attached hydrogens (tertiary/aromatic N) is 2. The van der Waals surface area contributed by atoms with Gasteiger partial charge < -0.3 is 11.1 Å². The second kappa shape index (κ2) is 9.96. The molecule has 1 unspecified atom stereocenters. The van der Waals surface area contributed by atoms with Crippen LogP contribution in [-0.4, -0.2) is 22.4 Å². The van der Waals surface area contributed by atoms with Gasteiger partial charge in [-0.1, -0.05) is 36.4 Å². The summed E-state index contributed by atoms with van der Waals surface area (Å²) in [5, 5.41) is 5.59. The smallest absolute Gasteiger partial charge is 0.239 e. The van der Waals surface area contributed by atoms with E-state index < -0.39 is 6.04 Å². The lowest BCUT2D eigenvalue weighted by atomic mass is 9.99. The Morgan fingerprint density at radius 3 is 2.42 bits per heavy atom. The number of carbonyl (C=O) groups is 1. The van der Waals surface area contributed by atoms with Crippen LogP contribution in [-0.2, 0) is 24.1 Å². The van der Waals surface area contributed by atoms with E-state index in [1.54, 1.807) is 0 Å². The van der Waals surface area contributed by atoms with Gasteiger partial charge in [0.2, 0.25) is 5.91 Å². The van der Waals surface area contributed by atoms with Gasteiger partial charge in [0.25, 0.3) is 0 Å². The van der Waals surface area contributed by atoms with Crippen LogP contribution in [0, 0.1) is 0 Å². The predicted octanol–water partition coefficient (Wildman–Crippen LogP) is 3.77. The van der Waals surface area contributed by atoms with Crippen molar-refractivity contribution in [1.82, 2.24) is 15.3 Å². The molecule has 1 amide bonds. The van der Waals surface area contributed by atoms with Crippen LogP contribution in [0.1, 0.15) is 28.3 Å². The maximum atomic E-state index is 12.1. The minimum atomic E-state index is -0.522. The number of hydrogen-bond donors (Lipinski definition) is 2. The van der Waals surface area contributed by atoms with E-state index in [1.165, 1.54) is 16.7 Å². The van der Waals surface area contributed by atoms with Crippen molar-refractivity contribution >= 4 is 16.7 Å². The fraction of sp³-hybridized carbons (Fsp3) is 0.192. The molecule has 0 saturated carbocycles. The number of carbonyl (C=O) groups excluding carboxylic acids is 1. The monoisotopic (exact) mass is 410 g/mol. The molecule has 3 N–H and O–H groups in total. The minimum Gasteiger partial charge on any atom is -0.368 e. The molecule has 0 aliphatic carbocycles. The first-order valence-corrected chi connectivity index (χ1v) is 10.5. The molecule has 0 aliphatic heterocycles. The van der Waals surface area contributed by atoms with Crippen LogP contribution in [0.3, 0.4) is 0 Å². The van der Waals surface area contributed by atoms with Gasteiger partial charge in [0, 0.05) is 31.3 Å². The number of hydrogen-bond acceptors (Lipinski definition) is 4. The van der Waals surface area contributed by atoms with Crippen LogP contribution in [0.5, 0.6) is 0 Å². The number of nitrogens with two attached hydrogens (primary N) is 1. The van der Waals surface area contributed by atoms with Crippen molar-refractivity contribution in [3.63, 3.8) is 0 Å². The first-order valence-electron chi connectivity index (χ1n) is 10.5. The minimum absolute atomic E-state index is 0.372. The van der Waals surface area contributed by atoms with E-state index in [-0.39, 0.29) is 5.91 Å². The van der Waals surface area contributed by atoms with Crippen LogP contribution >= 0.6 is 0 Å². The van der Waals surface area contributed by atoms with Crippen LogP contribution in [0.15, 0.2) is 85.5 Å². The molecule has 2 aromatic carbocycles. The van der Waals surface area contributed by atoms with Crippen molar-refractivity contribution in [2.24, 2.45) is 5.73 Å². The van der Waals surface area contributed by atoms with Crippen molar-refractivity contribution in [3.05, 3.63) is 108 Å². The van der Waals surface area contributed by atoms with E-state index in [0.717, 1.165) is 35.6 Å². The number of benzene rings is 2. The molecule has 1 atom stereocenters. The van der Waals surface area contributed by atoms with Gasteiger partial charge in [0.1, 0.15) is 6.04 Å². The largest absolute Gasteiger partial charge is 0.368 e. The van der Waals surface area contributed by atoms with E-state index in [2.05, 4.69) is 27.4 Å². The summed E-state index contributed by atoms with van der Waals surface area (Å²) in [5.41, 5.74) is 10.3. The molecule has 0 fully saturated rings. The third-order valence-corrected chi connectivity index (χ3v) is 5.57. The number of amides is 1. The summed E-state index contributed by atoms with van der Waals surface area (Å²) in [6.07, 6.45) is 10.0. The fourth-order valence-electron chi connectivity index (χ4n) is 3.87. The number of primary amides is 1. The maximum absolute atomic E-state index is 12.1. The van der Waals surface area contributed by atoms with Crippen LogP contribution in [0.2, 0.25) is 0 Å². The molecule has 0 aliphatic rings. The van der Waals surface area contributed by atoms with Crippen molar-refractivity contribution in [3.8, 4) is 0 Å². The molecule has 0 bridgehead atoms. The number of fused-ring (bicyclic) bond motifs is 1. The summed E-state index contributed by atoms with van der Waals surface area (Å²) in [5.74, 6) is -0.372. The SMILES string of the molecule is NC(=O)C(NCCc1ccncc1CCc1ccncc1)c1ccc2ccccc2c1. The van der Waals surface area contributed by atoms with Crippen LogP contribution < -0.4 is 11.1 Å². The molecule has 0 saturated heterocycles. The van der Waals surface area contributed by atoms with Gasteiger partial charge >= 0.3 is 0 Å². The van der Waals surface area contributed by atoms with Gasteiger partial charge in [-0.3, -0.25) is 14.8 Å². The van der Waals surface area contributed by atoms with Crippen LogP contribution in [0.25, 0.3) is 10.8 Å². The molecule has 4 rings (SSSR count). The first kappa shape index (κ1) is 20.7. The number of nitrogens with one attached hydrogen (secondary N) is 1. The molecule has 5 heteroatoms. The number of aromatic nitrogens is 2. The molecular formula is C26H26N4O. The Morgan fingerprint density at radius 2 is 1.61 bits per heavy atom. The van der Waals surface area contributed by atoms with Gasteiger partial charge in [0.05, 0.1) is 0 Å². The van der Waals surface area contributed by atoms with Gasteiger partial charge in [-0.05, 0) is 76.6 Å². The van der Waals surface area contributed by atoms with Crippen molar-refractivity contribution in [1.29, 1.82) is 0 Å². The standard InChI is InChI=1S/C26H26N4O/c27-26(31)25(23-8-7-20-3-1-2-4-22(20)17-23)30-16-12-21-11-15-29-18-24(21)6-5-19-9-13-28-14-10-19/h1-4,7-11,13-15,17-18,25,30H,5-6,12,16H2,(H2,27,31). The molecule has 156 valence electrons. The fourth-order valence-corrected chi connectivity index (χ4v) is 3.87. The zero-order valence-electron chi connectivity index (χ0n) is 17.4. The first-order chi connectivity index (χ1) is 15.2. The van der Waals surface area contributed by atoms with E-state index in [9.17, 15) is 4.79 Å². The van der Waals surface area contributed by atoms with Crippen molar-refractivity contribution in [2.75, 3.05) is 6.54 Å². The van der Waals surface area contributed by atoms with E-state index in [1.807, 2.05) is 73.3 Å². The number of rotatable bonds is 9. The molecule has 2 aromatic heterocycles. The normalized spacial score (nSPS) is 12.0. The van der Waals surface area contributed by atoms with Gasteiger partial charge in [-0.15, -0.1) is 0 Å². The lowest BCUT2D eigenvalue weighted by Crippen LogP contribution is -2.34. The Kier molecular flexibility index (Phi) is 6.65. The van der Waals surface area contributed by atoms with Gasteiger partial charge in [-0.2, -0.15) is 0 Å². The highest BCUT2D eigenvalue weighted by atomic mass is 16.1. The lowest BCUT2D eigenvalue weighted by molar-refractivity contribution is -0.120. The third kappa shape index (κ3) is 5.32. The Morgan fingerprint density at radius 1 is 0.839 bits per heavy atom. The highest BCUT2D eigenvalue weighted by Gasteiger charge is 2.17. The Bertz CT molecular complexity index is 1160. The van der Waals surface area contributed by atoms with Crippen LogP contribution in [0.4, 0.5) is 0 Å². The third-order valence-electron chi connectivity index (χ3n) is 5.57. The van der Waals surface area contributed by atoms with E-state index >= 15 is 0 Å². The summed E-state index contributed by atoms with van der Waals surface area (Å²) in [4.78, 5) is 20.5. The van der Waals surface area contributed by atoms with E-state index in [4.69, 9.17) is 5.73 Å². The zero-order valence-corrected chi connectivity index (χ0v) is 17.4. The number of pyridine rings is 2. The van der Waals surface area contributed by atoms with Gasteiger partial charge in [-0.25, -0.2) is 0 Å². The summed E-state index contributed by atoms with van der Waals surface area (Å²) >= 11 is 0. The topological polar surface area (TPSA) is 80.9 Å². The molecular weight excluding hydrogens is 384 g/mol. The quantitative estimate of drug-likeness (QED) is 0.440. The zero-order chi connectivity index (χ0) is 21.5. The molecule has 0 radical (unpaired) electrons. The molecule has 31 heavy (non-hydrogen) atoms. The van der Waals surface area contributed by atoms with Crippen molar-refractivity contribution < 1.29 is 4.79 Å². The highest BCUT2D eigenvalue weighted by molar-refractivity contribution is 5.86. The summed E-state index contributed by atoms with van der Waals surface area (Å²) in [7, 11) is 0. The highest BCUT2D eigenvalue weighted by Crippen LogP contribution is 2.21. The number of aryl methyl sites for hydroxylation is 2. The van der Waals surface area contributed by atoms with E-state index in [0.29, 0.717) is 6.54 Å². The summed E-state index contributed by atoms with van der Waals surface area (Å²) in [6, 6.07) is 19.8. The maximum Gasteiger partial charge on any atom is 0.239 e. The van der Waals surface area contributed by atoms with Gasteiger partial charge in [0.15, 0.2) is 0 Å². The average Bonchev–Trinajstić information content (AvgIpc) is 2.81. The summed E-state index contributed by atoms with van der Waals surface area (Å²) in [6.45, 7) is 0.646. The molecule has 4 aromatic rings. The Balaban J connectivity index is 1.41.